The molecule has 0 aliphatic rings. The number of para-hydroxylation sites is 1. The maximum atomic E-state index is 12.1. The van der Waals surface area contributed by atoms with Crippen molar-refractivity contribution in [3.63, 3.8) is 0 Å². The summed E-state index contributed by atoms with van der Waals surface area (Å²) in [5.41, 5.74) is -5.23. The fourth-order valence-electron chi connectivity index (χ4n) is 1.14. The molecule has 1 heterocycles. The lowest BCUT2D eigenvalue weighted by molar-refractivity contribution is -0.0502. The summed E-state index contributed by atoms with van der Waals surface area (Å²) in [6.07, 6.45) is 1.17. The zero-order chi connectivity index (χ0) is 13.4. The maximum absolute atomic E-state index is 12.1. The van der Waals surface area contributed by atoms with Crippen LogP contribution in [-0.4, -0.2) is 23.9 Å². The van der Waals surface area contributed by atoms with E-state index in [2.05, 4.69) is 14.2 Å². The standard InChI is InChI=1S/C9H5F3N2O3S/c10-9(11,12)18(15,16)17-8-13-5-6-3-1-2-4-7(6)14-8/h1-5H. The van der Waals surface area contributed by atoms with E-state index in [-0.39, 0.29) is 5.52 Å². The van der Waals surface area contributed by atoms with Crippen LogP contribution < -0.4 is 4.18 Å². The van der Waals surface area contributed by atoms with Crippen molar-refractivity contribution >= 4 is 21.0 Å². The summed E-state index contributed by atoms with van der Waals surface area (Å²) in [5, 5.41) is 0.550. The van der Waals surface area contributed by atoms with Crippen LogP contribution in [0.3, 0.4) is 0 Å². The monoisotopic (exact) mass is 278 g/mol. The van der Waals surface area contributed by atoms with Gasteiger partial charge in [0.15, 0.2) is 0 Å². The molecule has 18 heavy (non-hydrogen) atoms. The van der Waals surface area contributed by atoms with Gasteiger partial charge in [-0.25, -0.2) is 4.98 Å². The normalized spacial score (nSPS) is 12.6. The molecule has 2 aromatic rings. The van der Waals surface area contributed by atoms with Gasteiger partial charge in [0, 0.05) is 11.6 Å². The number of nitrogens with zero attached hydrogens (tertiary/aromatic N) is 2. The predicted molar refractivity (Wildman–Crippen MR) is 55.1 cm³/mol. The van der Waals surface area contributed by atoms with Crippen molar-refractivity contribution in [3.05, 3.63) is 30.5 Å². The van der Waals surface area contributed by atoms with Crippen molar-refractivity contribution in [2.45, 2.75) is 5.51 Å². The molecule has 0 bridgehead atoms. The van der Waals surface area contributed by atoms with Crippen LogP contribution in [0.2, 0.25) is 0 Å². The van der Waals surface area contributed by atoms with E-state index in [0.29, 0.717) is 5.39 Å². The molecule has 96 valence electrons. The molecule has 2 rings (SSSR count). The molecule has 0 spiro atoms. The van der Waals surface area contributed by atoms with Gasteiger partial charge in [-0.1, -0.05) is 18.2 Å². The molecule has 0 unspecified atom stereocenters. The Morgan fingerprint density at radius 1 is 1.17 bits per heavy atom. The van der Waals surface area contributed by atoms with E-state index in [1.807, 2.05) is 0 Å². The minimum atomic E-state index is -5.74. The van der Waals surface area contributed by atoms with Crippen LogP contribution in [0, 0.1) is 0 Å². The fourth-order valence-corrected chi connectivity index (χ4v) is 1.51. The number of fused-ring (bicyclic) bond motifs is 1. The van der Waals surface area contributed by atoms with Gasteiger partial charge in [-0.3, -0.25) is 0 Å². The van der Waals surface area contributed by atoms with Crippen LogP contribution >= 0.6 is 0 Å². The van der Waals surface area contributed by atoms with E-state index >= 15 is 0 Å². The number of benzene rings is 1. The Labute approximate surface area is 99.4 Å². The van der Waals surface area contributed by atoms with Gasteiger partial charge in [0.25, 0.3) is 0 Å². The first-order valence-electron chi connectivity index (χ1n) is 4.52. The Morgan fingerprint density at radius 3 is 2.50 bits per heavy atom. The second kappa shape index (κ2) is 4.09. The van der Waals surface area contributed by atoms with Crippen molar-refractivity contribution in [3.8, 4) is 6.01 Å². The van der Waals surface area contributed by atoms with Gasteiger partial charge >= 0.3 is 21.6 Å². The molecule has 0 saturated heterocycles. The highest BCUT2D eigenvalue weighted by atomic mass is 32.2. The summed E-state index contributed by atoms with van der Waals surface area (Å²) < 4.78 is 61.5. The quantitative estimate of drug-likeness (QED) is 0.619. The van der Waals surface area contributed by atoms with Gasteiger partial charge in [0.1, 0.15) is 0 Å². The molecule has 0 radical (unpaired) electrons. The van der Waals surface area contributed by atoms with Crippen LogP contribution in [0.25, 0.3) is 10.9 Å². The summed E-state index contributed by atoms with van der Waals surface area (Å²) in [6.45, 7) is 0. The highest BCUT2D eigenvalue weighted by Gasteiger charge is 2.49. The van der Waals surface area contributed by atoms with Gasteiger partial charge in [0.2, 0.25) is 0 Å². The highest BCUT2D eigenvalue weighted by molar-refractivity contribution is 7.87. The molecule has 0 amide bonds. The largest absolute Gasteiger partial charge is 0.534 e. The van der Waals surface area contributed by atoms with Gasteiger partial charge in [0.05, 0.1) is 5.52 Å². The average Bonchev–Trinajstić information content (AvgIpc) is 2.27. The molecule has 0 aliphatic carbocycles. The Balaban J connectivity index is 2.39. The van der Waals surface area contributed by atoms with E-state index < -0.39 is 21.6 Å². The molecule has 5 nitrogen and oxygen atoms in total. The smallest absolute Gasteiger partial charge is 0.337 e. The first kappa shape index (κ1) is 12.6. The van der Waals surface area contributed by atoms with Crippen molar-refractivity contribution < 1.29 is 25.8 Å². The molecule has 9 heteroatoms. The van der Waals surface area contributed by atoms with Crippen molar-refractivity contribution in [2.24, 2.45) is 0 Å². The third-order valence-electron chi connectivity index (χ3n) is 1.93. The summed E-state index contributed by atoms with van der Waals surface area (Å²) in [4.78, 5) is 6.95. The number of aromatic nitrogens is 2. The molecule has 0 fully saturated rings. The van der Waals surface area contributed by atoms with Crippen LogP contribution in [0.15, 0.2) is 30.5 Å². The first-order valence-corrected chi connectivity index (χ1v) is 5.93. The van der Waals surface area contributed by atoms with E-state index in [4.69, 9.17) is 0 Å². The first-order chi connectivity index (χ1) is 8.29. The van der Waals surface area contributed by atoms with E-state index in [9.17, 15) is 21.6 Å². The lowest BCUT2D eigenvalue weighted by Gasteiger charge is -2.07. The Morgan fingerprint density at radius 2 is 1.83 bits per heavy atom. The van der Waals surface area contributed by atoms with Crippen molar-refractivity contribution in [1.29, 1.82) is 0 Å². The van der Waals surface area contributed by atoms with Crippen LogP contribution in [-0.2, 0) is 10.1 Å². The highest BCUT2D eigenvalue weighted by Crippen LogP contribution is 2.25. The summed E-state index contributed by atoms with van der Waals surface area (Å²) in [7, 11) is -5.74. The molecule has 1 aromatic carbocycles. The van der Waals surface area contributed by atoms with Crippen LogP contribution in [0.4, 0.5) is 13.2 Å². The minimum Gasteiger partial charge on any atom is -0.337 e. The summed E-state index contributed by atoms with van der Waals surface area (Å²) >= 11 is 0. The third-order valence-corrected chi connectivity index (χ3v) is 2.87. The SMILES string of the molecule is O=S(=O)(Oc1ncc2ccccc2n1)C(F)(F)F. The van der Waals surface area contributed by atoms with Gasteiger partial charge in [-0.05, 0) is 6.07 Å². The summed E-state index contributed by atoms with van der Waals surface area (Å²) in [5.74, 6) is 0. The average molecular weight is 278 g/mol. The van der Waals surface area contributed by atoms with Gasteiger partial charge in [-0.15, -0.1) is 0 Å². The number of hydrogen-bond donors (Lipinski definition) is 0. The second-order valence-corrected chi connectivity index (χ2v) is 4.73. The molecule has 1 aromatic heterocycles. The molecule has 0 saturated carbocycles. The lowest BCUT2D eigenvalue weighted by atomic mass is 10.2. The van der Waals surface area contributed by atoms with Gasteiger partial charge < -0.3 is 4.18 Å². The molecule has 0 atom stereocenters. The Hall–Kier alpha value is -1.90. The molecular formula is C9H5F3N2O3S. The van der Waals surface area contributed by atoms with Crippen LogP contribution in [0.5, 0.6) is 6.01 Å². The number of alkyl halides is 3. The maximum Gasteiger partial charge on any atom is 0.534 e. The number of hydrogen-bond acceptors (Lipinski definition) is 5. The number of halogens is 3. The molecular weight excluding hydrogens is 273 g/mol. The Kier molecular flexibility index (Phi) is 2.85. The fraction of sp³-hybridized carbons (Fsp3) is 0.111. The number of rotatable bonds is 2. The zero-order valence-corrected chi connectivity index (χ0v) is 9.36. The molecule has 0 aliphatic heterocycles. The Bertz CT molecular complexity index is 685. The van der Waals surface area contributed by atoms with Crippen LogP contribution in [0.1, 0.15) is 0 Å². The zero-order valence-electron chi connectivity index (χ0n) is 8.55. The second-order valence-electron chi connectivity index (χ2n) is 3.19. The van der Waals surface area contributed by atoms with Crippen molar-refractivity contribution in [1.82, 2.24) is 9.97 Å². The van der Waals surface area contributed by atoms with Gasteiger partial charge in [-0.2, -0.15) is 26.6 Å². The van der Waals surface area contributed by atoms with Crippen molar-refractivity contribution in [2.75, 3.05) is 0 Å². The van der Waals surface area contributed by atoms with E-state index in [1.165, 1.54) is 12.3 Å². The molecule has 0 N–H and O–H groups in total. The lowest BCUT2D eigenvalue weighted by Crippen LogP contribution is -2.28. The van der Waals surface area contributed by atoms with E-state index in [1.54, 1.807) is 18.2 Å². The predicted octanol–water partition coefficient (Wildman–Crippen LogP) is 1.86. The van der Waals surface area contributed by atoms with E-state index in [0.717, 1.165) is 0 Å². The summed E-state index contributed by atoms with van der Waals surface area (Å²) in [6, 6.07) is 5.52. The minimum absolute atomic E-state index is 0.278. The topological polar surface area (TPSA) is 69.2 Å². The third kappa shape index (κ3) is 2.35.